The summed E-state index contributed by atoms with van der Waals surface area (Å²) in [6.07, 6.45) is 4.79. The van der Waals surface area contributed by atoms with Crippen LogP contribution in [0.2, 0.25) is 0 Å². The Kier molecular flexibility index (Phi) is 5.04. The quantitative estimate of drug-likeness (QED) is 0.875. The molecule has 1 amide bonds. The first-order valence-corrected chi connectivity index (χ1v) is 8.38. The summed E-state index contributed by atoms with van der Waals surface area (Å²) in [5.74, 6) is 1.25. The van der Waals surface area contributed by atoms with E-state index in [1.807, 2.05) is 49.4 Å². The van der Waals surface area contributed by atoms with Crippen molar-refractivity contribution in [3.8, 4) is 11.5 Å². The van der Waals surface area contributed by atoms with E-state index in [1.54, 1.807) is 7.11 Å². The van der Waals surface area contributed by atoms with Gasteiger partial charge in [0.1, 0.15) is 0 Å². The minimum absolute atomic E-state index is 0.129. The molecule has 4 heteroatoms. The molecule has 0 radical (unpaired) electrons. The minimum Gasteiger partial charge on any atom is -0.493 e. The van der Waals surface area contributed by atoms with E-state index in [9.17, 15) is 4.79 Å². The summed E-state index contributed by atoms with van der Waals surface area (Å²) in [6.45, 7) is 1.97. The number of aryl methyl sites for hydroxylation is 1. The van der Waals surface area contributed by atoms with Gasteiger partial charge >= 0.3 is 0 Å². The number of nitrogens with one attached hydrogen (secondary N) is 1. The summed E-state index contributed by atoms with van der Waals surface area (Å²) >= 11 is 0. The first-order chi connectivity index (χ1) is 11.7. The van der Waals surface area contributed by atoms with Crippen molar-refractivity contribution >= 4 is 11.6 Å². The molecule has 0 heterocycles. The fraction of sp³-hybridized carbons (Fsp3) is 0.350. The second kappa shape index (κ2) is 7.39. The van der Waals surface area contributed by atoms with E-state index in [0.29, 0.717) is 22.7 Å². The van der Waals surface area contributed by atoms with Crippen molar-refractivity contribution in [1.82, 2.24) is 0 Å². The molecule has 0 spiro atoms. The van der Waals surface area contributed by atoms with Gasteiger partial charge in [-0.25, -0.2) is 0 Å². The van der Waals surface area contributed by atoms with Gasteiger partial charge in [-0.2, -0.15) is 0 Å². The number of amides is 1. The number of carbonyl (C=O) groups excluding carboxylic acids is 1. The van der Waals surface area contributed by atoms with Crippen LogP contribution in [0.25, 0.3) is 0 Å². The van der Waals surface area contributed by atoms with Crippen LogP contribution in [0.5, 0.6) is 11.5 Å². The Balaban J connectivity index is 1.76. The third-order valence-electron chi connectivity index (χ3n) is 4.30. The van der Waals surface area contributed by atoms with Gasteiger partial charge in [0.25, 0.3) is 5.91 Å². The van der Waals surface area contributed by atoms with E-state index in [1.165, 1.54) is 12.8 Å². The van der Waals surface area contributed by atoms with E-state index < -0.39 is 0 Å². The third-order valence-corrected chi connectivity index (χ3v) is 4.30. The Morgan fingerprint density at radius 3 is 2.58 bits per heavy atom. The Morgan fingerprint density at radius 1 is 1.08 bits per heavy atom. The molecule has 0 atom stereocenters. The Labute approximate surface area is 142 Å². The number of rotatable bonds is 5. The SMILES string of the molecule is COc1ccc(NC(=O)c2cccc(C)c2)cc1OC1CCCC1. The van der Waals surface area contributed by atoms with Gasteiger partial charge in [0.2, 0.25) is 0 Å². The van der Waals surface area contributed by atoms with Crippen LogP contribution in [0.1, 0.15) is 41.6 Å². The second-order valence-corrected chi connectivity index (χ2v) is 6.21. The van der Waals surface area contributed by atoms with E-state index >= 15 is 0 Å². The van der Waals surface area contributed by atoms with Gasteiger partial charge in [-0.15, -0.1) is 0 Å². The molecule has 4 nitrogen and oxygen atoms in total. The number of ether oxygens (including phenoxy) is 2. The third kappa shape index (κ3) is 3.88. The van der Waals surface area contributed by atoms with Crippen molar-refractivity contribution in [2.45, 2.75) is 38.7 Å². The molecule has 1 saturated carbocycles. The standard InChI is InChI=1S/C20H23NO3/c1-14-6-5-7-15(12-14)20(22)21-16-10-11-18(23-2)19(13-16)24-17-8-3-4-9-17/h5-7,10-13,17H,3-4,8-9H2,1-2H3,(H,21,22). The van der Waals surface area contributed by atoms with Gasteiger partial charge in [-0.1, -0.05) is 17.7 Å². The van der Waals surface area contributed by atoms with Crippen molar-refractivity contribution in [3.05, 3.63) is 53.6 Å². The van der Waals surface area contributed by atoms with Gasteiger partial charge in [-0.3, -0.25) is 4.79 Å². The van der Waals surface area contributed by atoms with Gasteiger partial charge in [0.05, 0.1) is 13.2 Å². The highest BCUT2D eigenvalue weighted by molar-refractivity contribution is 6.04. The lowest BCUT2D eigenvalue weighted by Gasteiger charge is -2.17. The zero-order chi connectivity index (χ0) is 16.9. The van der Waals surface area contributed by atoms with Crippen LogP contribution in [-0.2, 0) is 0 Å². The molecule has 1 aliphatic carbocycles. The Bertz CT molecular complexity index is 721. The first kappa shape index (κ1) is 16.4. The predicted molar refractivity (Wildman–Crippen MR) is 95.0 cm³/mol. The summed E-state index contributed by atoms with van der Waals surface area (Å²) in [7, 11) is 1.63. The monoisotopic (exact) mass is 325 g/mol. The van der Waals surface area contributed by atoms with Gasteiger partial charge in [-0.05, 0) is 56.9 Å². The largest absolute Gasteiger partial charge is 0.493 e. The lowest BCUT2D eigenvalue weighted by molar-refractivity contribution is 0.102. The normalized spacial score (nSPS) is 14.4. The fourth-order valence-electron chi connectivity index (χ4n) is 3.02. The smallest absolute Gasteiger partial charge is 0.255 e. The molecule has 126 valence electrons. The molecule has 1 aliphatic rings. The summed E-state index contributed by atoms with van der Waals surface area (Å²) in [6, 6.07) is 13.0. The van der Waals surface area contributed by atoms with Crippen LogP contribution < -0.4 is 14.8 Å². The molecule has 3 rings (SSSR count). The molecule has 24 heavy (non-hydrogen) atoms. The Morgan fingerprint density at radius 2 is 1.88 bits per heavy atom. The highest BCUT2D eigenvalue weighted by Crippen LogP contribution is 2.34. The summed E-state index contributed by atoms with van der Waals surface area (Å²) in [5, 5.41) is 2.93. The second-order valence-electron chi connectivity index (χ2n) is 6.21. The molecular formula is C20H23NO3. The van der Waals surface area contributed by atoms with Gasteiger partial charge < -0.3 is 14.8 Å². The van der Waals surface area contributed by atoms with E-state index in [2.05, 4.69) is 5.32 Å². The molecular weight excluding hydrogens is 302 g/mol. The topological polar surface area (TPSA) is 47.6 Å². The van der Waals surface area contributed by atoms with Crippen molar-refractivity contribution in [2.75, 3.05) is 12.4 Å². The van der Waals surface area contributed by atoms with Gasteiger partial charge in [0.15, 0.2) is 11.5 Å². The molecule has 0 saturated heterocycles. The zero-order valence-electron chi connectivity index (χ0n) is 14.2. The van der Waals surface area contributed by atoms with E-state index in [4.69, 9.17) is 9.47 Å². The maximum Gasteiger partial charge on any atom is 0.255 e. The highest BCUT2D eigenvalue weighted by atomic mass is 16.5. The average molecular weight is 325 g/mol. The molecule has 2 aromatic carbocycles. The lowest BCUT2D eigenvalue weighted by Crippen LogP contribution is -2.14. The minimum atomic E-state index is -0.129. The number of methoxy groups -OCH3 is 1. The van der Waals surface area contributed by atoms with Crippen LogP contribution in [0.4, 0.5) is 5.69 Å². The van der Waals surface area contributed by atoms with Crippen molar-refractivity contribution in [2.24, 2.45) is 0 Å². The zero-order valence-corrected chi connectivity index (χ0v) is 14.2. The van der Waals surface area contributed by atoms with Crippen LogP contribution >= 0.6 is 0 Å². The van der Waals surface area contributed by atoms with Crippen LogP contribution in [-0.4, -0.2) is 19.1 Å². The molecule has 2 aromatic rings. The van der Waals surface area contributed by atoms with Gasteiger partial charge in [0, 0.05) is 17.3 Å². The number of anilines is 1. The molecule has 0 aliphatic heterocycles. The van der Waals surface area contributed by atoms with E-state index in [-0.39, 0.29) is 12.0 Å². The van der Waals surface area contributed by atoms with Crippen molar-refractivity contribution in [3.63, 3.8) is 0 Å². The number of hydrogen-bond donors (Lipinski definition) is 1. The van der Waals surface area contributed by atoms with Crippen molar-refractivity contribution in [1.29, 1.82) is 0 Å². The Hall–Kier alpha value is -2.49. The maximum atomic E-state index is 12.4. The predicted octanol–water partition coefficient (Wildman–Crippen LogP) is 4.58. The number of hydrogen-bond acceptors (Lipinski definition) is 3. The highest BCUT2D eigenvalue weighted by Gasteiger charge is 2.19. The summed E-state index contributed by atoms with van der Waals surface area (Å²) in [5.41, 5.74) is 2.40. The van der Waals surface area contributed by atoms with E-state index in [0.717, 1.165) is 18.4 Å². The van der Waals surface area contributed by atoms with Crippen molar-refractivity contribution < 1.29 is 14.3 Å². The van der Waals surface area contributed by atoms with Crippen LogP contribution in [0.15, 0.2) is 42.5 Å². The average Bonchev–Trinajstić information content (AvgIpc) is 3.08. The molecule has 1 N–H and O–H groups in total. The first-order valence-electron chi connectivity index (χ1n) is 8.38. The maximum absolute atomic E-state index is 12.4. The van der Waals surface area contributed by atoms with Crippen LogP contribution in [0, 0.1) is 6.92 Å². The lowest BCUT2D eigenvalue weighted by atomic mass is 10.1. The van der Waals surface area contributed by atoms with Crippen LogP contribution in [0.3, 0.4) is 0 Å². The molecule has 1 fully saturated rings. The summed E-state index contributed by atoms with van der Waals surface area (Å²) < 4.78 is 11.4. The number of carbonyl (C=O) groups is 1. The number of benzene rings is 2. The molecule has 0 bridgehead atoms. The summed E-state index contributed by atoms with van der Waals surface area (Å²) in [4.78, 5) is 12.4. The fourth-order valence-corrected chi connectivity index (χ4v) is 3.02. The molecule has 0 unspecified atom stereocenters. The molecule has 0 aromatic heterocycles.